The van der Waals surface area contributed by atoms with E-state index in [0.717, 1.165) is 19.3 Å². The molecule has 3 atom stereocenters. The van der Waals surface area contributed by atoms with Gasteiger partial charge < -0.3 is 19.9 Å². The number of carbonyl (C=O) groups excluding carboxylic acids is 2. The summed E-state index contributed by atoms with van der Waals surface area (Å²) in [7, 11) is 0. The number of amides is 1. The summed E-state index contributed by atoms with van der Waals surface area (Å²) in [5.41, 5.74) is 0. The summed E-state index contributed by atoms with van der Waals surface area (Å²) in [6.07, 6.45) is 1.59. The van der Waals surface area contributed by atoms with Crippen molar-refractivity contribution in [2.75, 3.05) is 6.54 Å². The molecule has 0 heterocycles. The molecule has 0 aromatic carbocycles. The van der Waals surface area contributed by atoms with Gasteiger partial charge in [0.2, 0.25) is 0 Å². The summed E-state index contributed by atoms with van der Waals surface area (Å²) in [5.74, 6) is -2.29. The first-order valence-corrected chi connectivity index (χ1v) is 9.49. The number of carbonyl (C=O) groups is 3. The molecular formula is C19H35NO6. The minimum Gasteiger partial charge on any atom is -0.481 e. The first-order valence-electron chi connectivity index (χ1n) is 9.49. The molecule has 0 aliphatic rings. The van der Waals surface area contributed by atoms with Gasteiger partial charge in [-0.2, -0.15) is 0 Å². The Balaban J connectivity index is 4.65. The highest BCUT2D eigenvalue weighted by Crippen LogP contribution is 2.21. The molecule has 0 bridgehead atoms. The van der Waals surface area contributed by atoms with Crippen LogP contribution in [0.25, 0.3) is 0 Å². The molecule has 0 saturated heterocycles. The Kier molecular flexibility index (Phi) is 11.7. The topological polar surface area (TPSA) is 102 Å². The van der Waals surface area contributed by atoms with Crippen LogP contribution in [0.1, 0.15) is 67.2 Å². The molecule has 0 radical (unpaired) electrons. The number of hydrogen-bond acceptors (Lipinski definition) is 5. The Morgan fingerprint density at radius 1 is 1.04 bits per heavy atom. The van der Waals surface area contributed by atoms with Crippen LogP contribution in [0.15, 0.2) is 0 Å². The first-order chi connectivity index (χ1) is 12.1. The highest BCUT2D eigenvalue weighted by atomic mass is 16.7. The molecule has 0 spiro atoms. The molecule has 152 valence electrons. The Morgan fingerprint density at radius 2 is 1.65 bits per heavy atom. The average Bonchev–Trinajstić information content (AvgIpc) is 2.56. The van der Waals surface area contributed by atoms with E-state index in [1.807, 2.05) is 6.92 Å². The number of ether oxygens (including phenoxy) is 2. The third-order valence-electron chi connectivity index (χ3n) is 4.21. The second-order valence-corrected chi connectivity index (χ2v) is 7.32. The van der Waals surface area contributed by atoms with Crippen molar-refractivity contribution in [3.63, 3.8) is 0 Å². The molecule has 7 heteroatoms. The summed E-state index contributed by atoms with van der Waals surface area (Å²) in [5, 5.41) is 11.9. The van der Waals surface area contributed by atoms with Gasteiger partial charge in [-0.15, -0.1) is 0 Å². The molecule has 0 rings (SSSR count). The van der Waals surface area contributed by atoms with E-state index >= 15 is 0 Å². The van der Waals surface area contributed by atoms with E-state index in [9.17, 15) is 19.5 Å². The predicted octanol–water partition coefficient (Wildman–Crippen LogP) is 3.81. The van der Waals surface area contributed by atoms with Crippen LogP contribution in [0.3, 0.4) is 0 Å². The Morgan fingerprint density at radius 3 is 2.08 bits per heavy atom. The lowest BCUT2D eigenvalue weighted by Crippen LogP contribution is -2.39. The zero-order valence-electron chi connectivity index (χ0n) is 16.9. The lowest BCUT2D eigenvalue weighted by Gasteiger charge is -2.23. The second kappa shape index (κ2) is 12.5. The molecule has 26 heavy (non-hydrogen) atoms. The van der Waals surface area contributed by atoms with E-state index in [2.05, 4.69) is 12.2 Å². The third kappa shape index (κ3) is 9.63. The minimum absolute atomic E-state index is 0.0165. The summed E-state index contributed by atoms with van der Waals surface area (Å²) < 4.78 is 10.3. The van der Waals surface area contributed by atoms with Gasteiger partial charge in [0.05, 0.1) is 11.8 Å². The molecule has 0 aromatic rings. The molecule has 0 saturated carbocycles. The number of aliphatic carboxylic acids is 1. The molecule has 1 unspecified atom stereocenters. The van der Waals surface area contributed by atoms with Crippen molar-refractivity contribution in [3.8, 4) is 0 Å². The van der Waals surface area contributed by atoms with Gasteiger partial charge in [0.1, 0.15) is 0 Å². The normalized spacial score (nSPS) is 14.6. The number of carboxylic acids is 1. The maximum Gasteiger partial charge on any atom is 0.410 e. The van der Waals surface area contributed by atoms with Gasteiger partial charge in [-0.05, 0) is 12.3 Å². The molecule has 0 aliphatic carbocycles. The standard InChI is InChI=1S/C19H35NO6/c1-7-9-14(8-2)10-15(16(21)22)11-20-19(24)26-18(13(5)6)25-17(23)12(3)4/h12-15,18H,7-11H2,1-6H3,(H,20,24)(H,21,22)/t14-,15?,18-/m1/s1. The first kappa shape index (κ1) is 24.2. The van der Waals surface area contributed by atoms with E-state index in [1.54, 1.807) is 27.7 Å². The van der Waals surface area contributed by atoms with Gasteiger partial charge in [-0.25, -0.2) is 4.79 Å². The molecule has 1 amide bonds. The summed E-state index contributed by atoms with van der Waals surface area (Å²) >= 11 is 0. The number of esters is 1. The van der Waals surface area contributed by atoms with Crippen LogP contribution in [0, 0.1) is 23.7 Å². The zero-order chi connectivity index (χ0) is 20.3. The van der Waals surface area contributed by atoms with Crippen LogP contribution in [0.2, 0.25) is 0 Å². The summed E-state index contributed by atoms with van der Waals surface area (Å²) in [4.78, 5) is 35.2. The van der Waals surface area contributed by atoms with Gasteiger partial charge in [0.25, 0.3) is 6.29 Å². The van der Waals surface area contributed by atoms with Crippen LogP contribution < -0.4 is 5.32 Å². The average molecular weight is 373 g/mol. The number of rotatable bonds is 12. The Hall–Kier alpha value is -1.79. The highest BCUT2D eigenvalue weighted by molar-refractivity contribution is 5.73. The van der Waals surface area contributed by atoms with Gasteiger partial charge in [0, 0.05) is 12.5 Å². The van der Waals surface area contributed by atoms with Crippen molar-refractivity contribution in [2.45, 2.75) is 73.5 Å². The largest absolute Gasteiger partial charge is 0.481 e. The maximum absolute atomic E-state index is 12.0. The van der Waals surface area contributed by atoms with Crippen molar-refractivity contribution in [2.24, 2.45) is 23.7 Å². The van der Waals surface area contributed by atoms with Gasteiger partial charge in [-0.1, -0.05) is 60.8 Å². The number of carboxylic acid groups (broad SMARTS) is 1. The Labute approximate surface area is 156 Å². The van der Waals surface area contributed by atoms with Crippen molar-refractivity contribution in [3.05, 3.63) is 0 Å². The molecule has 0 fully saturated rings. The number of nitrogens with one attached hydrogen (secondary N) is 1. The quantitative estimate of drug-likeness (QED) is 0.398. The van der Waals surface area contributed by atoms with E-state index in [4.69, 9.17) is 9.47 Å². The van der Waals surface area contributed by atoms with Crippen LogP contribution in [-0.2, 0) is 19.1 Å². The molecule has 0 aromatic heterocycles. The lowest BCUT2D eigenvalue weighted by atomic mass is 9.89. The van der Waals surface area contributed by atoms with Crippen LogP contribution in [0.4, 0.5) is 4.79 Å². The number of hydrogen-bond donors (Lipinski definition) is 2. The van der Waals surface area contributed by atoms with Crippen LogP contribution in [-0.4, -0.2) is 36.0 Å². The molecule has 7 nitrogen and oxygen atoms in total. The van der Waals surface area contributed by atoms with Crippen molar-refractivity contribution in [1.82, 2.24) is 5.32 Å². The highest BCUT2D eigenvalue weighted by Gasteiger charge is 2.26. The van der Waals surface area contributed by atoms with E-state index in [0.29, 0.717) is 12.3 Å². The number of alkyl carbamates (subject to hydrolysis) is 1. The van der Waals surface area contributed by atoms with Crippen molar-refractivity contribution < 1.29 is 29.0 Å². The van der Waals surface area contributed by atoms with E-state index < -0.39 is 30.2 Å². The smallest absolute Gasteiger partial charge is 0.410 e. The van der Waals surface area contributed by atoms with Crippen molar-refractivity contribution >= 4 is 18.0 Å². The zero-order valence-corrected chi connectivity index (χ0v) is 16.9. The molecule has 0 aliphatic heterocycles. The second-order valence-electron chi connectivity index (χ2n) is 7.32. The minimum atomic E-state index is -1.00. The van der Waals surface area contributed by atoms with Crippen LogP contribution in [0.5, 0.6) is 0 Å². The molecule has 2 N–H and O–H groups in total. The Bertz CT molecular complexity index is 449. The fourth-order valence-electron chi connectivity index (χ4n) is 2.47. The van der Waals surface area contributed by atoms with Gasteiger partial charge >= 0.3 is 18.0 Å². The fraction of sp³-hybridized carbons (Fsp3) is 0.842. The maximum atomic E-state index is 12.0. The fourth-order valence-corrected chi connectivity index (χ4v) is 2.47. The third-order valence-corrected chi connectivity index (χ3v) is 4.21. The summed E-state index contributed by atoms with van der Waals surface area (Å²) in [6, 6.07) is 0. The van der Waals surface area contributed by atoms with E-state index in [1.165, 1.54) is 0 Å². The SMILES string of the molecule is CCC[C@@H](CC)CC(CNC(=O)O[C@@H](OC(=O)C(C)C)C(C)C)C(=O)O. The lowest BCUT2D eigenvalue weighted by molar-refractivity contribution is -0.178. The van der Waals surface area contributed by atoms with Crippen molar-refractivity contribution in [1.29, 1.82) is 0 Å². The monoisotopic (exact) mass is 373 g/mol. The van der Waals surface area contributed by atoms with Gasteiger partial charge in [0.15, 0.2) is 0 Å². The van der Waals surface area contributed by atoms with Crippen LogP contribution >= 0.6 is 0 Å². The summed E-state index contributed by atoms with van der Waals surface area (Å²) in [6.45, 7) is 11.0. The predicted molar refractivity (Wildman–Crippen MR) is 98.5 cm³/mol. The van der Waals surface area contributed by atoms with Gasteiger partial charge in [-0.3, -0.25) is 9.59 Å². The van der Waals surface area contributed by atoms with E-state index in [-0.39, 0.29) is 18.4 Å². The molecular weight excluding hydrogens is 338 g/mol.